The Balaban J connectivity index is 1.59. The maximum atomic E-state index is 13.9. The largest absolute Gasteiger partial charge is 0.249 e. The number of fused-ring (bicyclic) bond motifs is 3. The highest BCUT2D eigenvalue weighted by atomic mass is 35.5. The highest BCUT2D eigenvalue weighted by Crippen LogP contribution is 2.45. The lowest BCUT2D eigenvalue weighted by molar-refractivity contribution is 0.150. The maximum Gasteiger partial charge on any atom is 0.123 e. The topological polar surface area (TPSA) is 33.1 Å². The van der Waals surface area contributed by atoms with Crippen LogP contribution in [0.5, 0.6) is 0 Å². The Morgan fingerprint density at radius 2 is 1.90 bits per heavy atom. The van der Waals surface area contributed by atoms with Gasteiger partial charge in [0.05, 0.1) is 33.5 Å². The summed E-state index contributed by atoms with van der Waals surface area (Å²) in [6.45, 7) is 2.76. The highest BCUT2D eigenvalue weighted by molar-refractivity contribution is 7.98. The van der Waals surface area contributed by atoms with Crippen molar-refractivity contribution >= 4 is 35.0 Å². The Bertz CT molecular complexity index is 1090. The lowest BCUT2D eigenvalue weighted by Gasteiger charge is -2.27. The lowest BCUT2D eigenvalue weighted by atomic mass is 10.0. The van der Waals surface area contributed by atoms with Crippen LogP contribution in [0.1, 0.15) is 30.5 Å². The van der Waals surface area contributed by atoms with Gasteiger partial charge in [0, 0.05) is 29.4 Å². The Kier molecular flexibility index (Phi) is 5.77. The molecule has 0 bridgehead atoms. The third-order valence-corrected chi connectivity index (χ3v) is 7.28. The lowest BCUT2D eigenvalue weighted by Crippen LogP contribution is -2.41. The standard InChI is InChI=1S/C22H21Cl2FN4S/c23-15-4-7-20(18(24)11-15)29-21-17-6-5-16(25)10-14(17)13-30-22(21)19(27-29)12-26-28-8-2-1-3-9-28/h4-7,10-11,26H,1-3,8-9,12-13H2. The number of hydrogen-bond acceptors (Lipinski definition) is 4. The first kappa shape index (κ1) is 20.3. The number of nitrogens with one attached hydrogen (secondary N) is 1. The summed E-state index contributed by atoms with van der Waals surface area (Å²) in [6, 6.07) is 10.4. The maximum absolute atomic E-state index is 13.9. The molecule has 4 nitrogen and oxygen atoms in total. The van der Waals surface area contributed by atoms with E-state index in [0.717, 1.165) is 51.9 Å². The average Bonchev–Trinajstić information content (AvgIpc) is 3.11. The molecule has 156 valence electrons. The van der Waals surface area contributed by atoms with Gasteiger partial charge in [-0.15, -0.1) is 11.8 Å². The first-order valence-electron chi connectivity index (χ1n) is 10.1. The molecule has 2 aliphatic heterocycles. The van der Waals surface area contributed by atoms with Crippen LogP contribution in [0, 0.1) is 5.82 Å². The van der Waals surface area contributed by atoms with Gasteiger partial charge in [-0.3, -0.25) is 0 Å². The Morgan fingerprint density at radius 3 is 2.70 bits per heavy atom. The van der Waals surface area contributed by atoms with Gasteiger partial charge in [0.1, 0.15) is 5.82 Å². The second kappa shape index (κ2) is 8.52. The Hall–Kier alpha value is -1.57. The minimum atomic E-state index is -0.222. The van der Waals surface area contributed by atoms with Gasteiger partial charge in [0.2, 0.25) is 0 Å². The van der Waals surface area contributed by atoms with Crippen molar-refractivity contribution in [2.75, 3.05) is 13.1 Å². The van der Waals surface area contributed by atoms with Gasteiger partial charge in [-0.2, -0.15) is 5.10 Å². The van der Waals surface area contributed by atoms with Gasteiger partial charge in [0.15, 0.2) is 0 Å². The summed E-state index contributed by atoms with van der Waals surface area (Å²) in [7, 11) is 0. The van der Waals surface area contributed by atoms with Crippen LogP contribution < -0.4 is 5.43 Å². The number of thioether (sulfide) groups is 1. The minimum Gasteiger partial charge on any atom is -0.249 e. The van der Waals surface area contributed by atoms with Crippen molar-refractivity contribution in [3.63, 3.8) is 0 Å². The predicted molar refractivity (Wildman–Crippen MR) is 121 cm³/mol. The average molecular weight is 463 g/mol. The van der Waals surface area contributed by atoms with Crippen molar-refractivity contribution in [1.29, 1.82) is 0 Å². The molecule has 0 saturated carbocycles. The molecule has 1 fully saturated rings. The number of piperidine rings is 1. The van der Waals surface area contributed by atoms with E-state index in [1.165, 1.54) is 25.3 Å². The Morgan fingerprint density at radius 1 is 1.07 bits per heavy atom. The van der Waals surface area contributed by atoms with Gasteiger partial charge in [-0.1, -0.05) is 29.6 Å². The molecule has 0 radical (unpaired) electrons. The first-order chi connectivity index (χ1) is 14.6. The quantitative estimate of drug-likeness (QED) is 0.508. The summed E-state index contributed by atoms with van der Waals surface area (Å²) in [6.07, 6.45) is 3.72. The van der Waals surface area contributed by atoms with Gasteiger partial charge in [-0.05, 0) is 54.8 Å². The van der Waals surface area contributed by atoms with Crippen LogP contribution in [0.4, 0.5) is 4.39 Å². The number of aromatic nitrogens is 2. The van der Waals surface area contributed by atoms with Gasteiger partial charge >= 0.3 is 0 Å². The van der Waals surface area contributed by atoms with Crippen molar-refractivity contribution in [3.05, 3.63) is 63.5 Å². The SMILES string of the molecule is Fc1ccc2c(c1)CSc1c(CNN3CCCCC3)nn(-c3ccc(Cl)cc3Cl)c1-2. The van der Waals surface area contributed by atoms with Crippen molar-refractivity contribution < 1.29 is 4.39 Å². The molecule has 30 heavy (non-hydrogen) atoms. The van der Waals surface area contributed by atoms with Crippen molar-refractivity contribution in [1.82, 2.24) is 20.2 Å². The van der Waals surface area contributed by atoms with Gasteiger partial charge < -0.3 is 0 Å². The zero-order chi connectivity index (χ0) is 20.7. The van der Waals surface area contributed by atoms with Crippen LogP contribution in [0.2, 0.25) is 10.0 Å². The van der Waals surface area contributed by atoms with E-state index in [0.29, 0.717) is 16.6 Å². The molecule has 3 heterocycles. The molecule has 8 heteroatoms. The molecule has 0 unspecified atom stereocenters. The summed E-state index contributed by atoms with van der Waals surface area (Å²) in [4.78, 5) is 1.12. The monoisotopic (exact) mass is 462 g/mol. The molecule has 1 N–H and O–H groups in total. The molecule has 0 aliphatic carbocycles. The van der Waals surface area contributed by atoms with Crippen LogP contribution in [-0.2, 0) is 12.3 Å². The molecular weight excluding hydrogens is 442 g/mol. The molecule has 2 aromatic carbocycles. The fourth-order valence-corrected chi connectivity index (χ4v) is 5.72. The number of hydrogen-bond donors (Lipinski definition) is 1. The molecule has 5 rings (SSSR count). The van der Waals surface area contributed by atoms with E-state index in [9.17, 15) is 4.39 Å². The zero-order valence-corrected chi connectivity index (χ0v) is 18.6. The van der Waals surface area contributed by atoms with E-state index in [-0.39, 0.29) is 5.82 Å². The molecule has 1 saturated heterocycles. The summed E-state index contributed by atoms with van der Waals surface area (Å²) in [5.41, 5.74) is 8.20. The normalized spacial score (nSPS) is 16.4. The van der Waals surface area contributed by atoms with Crippen LogP contribution in [0.3, 0.4) is 0 Å². The number of benzene rings is 2. The number of nitrogens with zero attached hydrogens (tertiary/aromatic N) is 3. The second-order valence-corrected chi connectivity index (χ2v) is 9.43. The van der Waals surface area contributed by atoms with Crippen molar-refractivity contribution in [2.45, 2.75) is 36.5 Å². The molecule has 0 atom stereocenters. The molecule has 3 aromatic rings. The molecule has 2 aliphatic rings. The van der Waals surface area contributed by atoms with Gasteiger partial charge in [0.25, 0.3) is 0 Å². The highest BCUT2D eigenvalue weighted by Gasteiger charge is 2.28. The summed E-state index contributed by atoms with van der Waals surface area (Å²) in [5, 5.41) is 8.33. The van der Waals surface area contributed by atoms with E-state index in [1.54, 1.807) is 23.9 Å². The Labute approximate surface area is 189 Å². The first-order valence-corrected chi connectivity index (χ1v) is 11.8. The summed E-state index contributed by atoms with van der Waals surface area (Å²) < 4.78 is 15.7. The number of halogens is 3. The predicted octanol–water partition coefficient (Wildman–Crippen LogP) is 6.08. The number of hydrazine groups is 1. The third kappa shape index (κ3) is 3.87. The van der Waals surface area contributed by atoms with Crippen molar-refractivity contribution in [2.24, 2.45) is 0 Å². The van der Waals surface area contributed by atoms with Gasteiger partial charge in [-0.25, -0.2) is 19.5 Å². The molecule has 1 aromatic heterocycles. The fraction of sp³-hybridized carbons (Fsp3) is 0.318. The van der Waals surface area contributed by atoms with E-state index < -0.39 is 0 Å². The smallest absolute Gasteiger partial charge is 0.123 e. The molecule has 0 amide bonds. The van der Waals surface area contributed by atoms with E-state index in [2.05, 4.69) is 10.4 Å². The fourth-order valence-electron chi connectivity index (χ4n) is 4.08. The van der Waals surface area contributed by atoms with Crippen LogP contribution in [0.15, 0.2) is 41.3 Å². The van der Waals surface area contributed by atoms with Crippen LogP contribution in [-0.4, -0.2) is 27.9 Å². The minimum absolute atomic E-state index is 0.222. The third-order valence-electron chi connectivity index (χ3n) is 5.57. The summed E-state index contributed by atoms with van der Waals surface area (Å²) >= 11 is 14.3. The van der Waals surface area contributed by atoms with Crippen molar-refractivity contribution in [3.8, 4) is 16.9 Å². The second-order valence-electron chi connectivity index (χ2n) is 7.60. The van der Waals surface area contributed by atoms with Crippen LogP contribution >= 0.6 is 35.0 Å². The van der Waals surface area contributed by atoms with Crippen LogP contribution in [0.25, 0.3) is 16.9 Å². The number of rotatable bonds is 4. The van der Waals surface area contributed by atoms with E-state index >= 15 is 0 Å². The van der Waals surface area contributed by atoms with E-state index in [4.69, 9.17) is 28.3 Å². The molecular formula is C22H21Cl2FN4S. The van der Waals surface area contributed by atoms with E-state index in [1.807, 2.05) is 22.9 Å². The molecule has 0 spiro atoms. The zero-order valence-electron chi connectivity index (χ0n) is 16.3. The summed E-state index contributed by atoms with van der Waals surface area (Å²) in [5.74, 6) is 0.497.